The van der Waals surface area contributed by atoms with Crippen LogP contribution in [0.4, 0.5) is 0 Å². The van der Waals surface area contributed by atoms with Gasteiger partial charge in [0.25, 0.3) is 0 Å². The van der Waals surface area contributed by atoms with Gasteiger partial charge in [0, 0.05) is 38.1 Å². The van der Waals surface area contributed by atoms with Gasteiger partial charge in [-0.2, -0.15) is 5.10 Å². The Morgan fingerprint density at radius 2 is 2.22 bits per heavy atom. The molecule has 2 rings (SSSR count). The number of piperidine rings is 1. The Morgan fingerprint density at radius 1 is 1.39 bits per heavy atom. The minimum Gasteiger partial charge on any atom is -0.314 e. The van der Waals surface area contributed by atoms with Crippen LogP contribution in [0.15, 0.2) is 18.5 Å². The molecule has 1 aromatic heterocycles. The first-order valence-corrected chi connectivity index (χ1v) is 6.75. The molecule has 18 heavy (non-hydrogen) atoms. The van der Waals surface area contributed by atoms with Gasteiger partial charge < -0.3 is 5.32 Å². The Balaban J connectivity index is 1.54. The van der Waals surface area contributed by atoms with Crippen molar-refractivity contribution in [3.63, 3.8) is 0 Å². The van der Waals surface area contributed by atoms with Crippen molar-refractivity contribution in [3.05, 3.63) is 18.5 Å². The third-order valence-corrected chi connectivity index (χ3v) is 3.46. The zero-order valence-electron chi connectivity index (χ0n) is 10.9. The maximum absolute atomic E-state index is 5.32. The third-order valence-electron chi connectivity index (χ3n) is 3.46. The quantitative estimate of drug-likeness (QED) is 0.599. The van der Waals surface area contributed by atoms with E-state index in [9.17, 15) is 0 Å². The lowest BCUT2D eigenvalue weighted by Crippen LogP contribution is -2.42. The van der Waals surface area contributed by atoms with Crippen molar-refractivity contribution in [1.29, 1.82) is 0 Å². The van der Waals surface area contributed by atoms with E-state index in [1.54, 1.807) is 0 Å². The van der Waals surface area contributed by atoms with E-state index >= 15 is 0 Å². The minimum absolute atomic E-state index is 0.664. The zero-order chi connectivity index (χ0) is 12.6. The van der Waals surface area contributed by atoms with Crippen molar-refractivity contribution >= 4 is 0 Å². The average molecular weight is 246 g/mol. The number of likely N-dealkylation sites (tertiary alicyclic amines) is 1. The fourth-order valence-electron chi connectivity index (χ4n) is 2.40. The fourth-order valence-corrected chi connectivity index (χ4v) is 2.40. The highest BCUT2D eigenvalue weighted by Crippen LogP contribution is 2.09. The molecule has 1 aromatic rings. The van der Waals surface area contributed by atoms with E-state index in [2.05, 4.69) is 21.2 Å². The molecule has 0 bridgehead atoms. The Morgan fingerprint density at radius 3 is 2.89 bits per heavy atom. The van der Waals surface area contributed by atoms with Crippen LogP contribution < -0.4 is 5.32 Å². The van der Waals surface area contributed by atoms with Gasteiger partial charge in [-0.25, -0.2) is 0 Å². The van der Waals surface area contributed by atoms with Gasteiger partial charge in [-0.3, -0.25) is 9.58 Å². The molecule has 1 aliphatic heterocycles. The van der Waals surface area contributed by atoms with Crippen LogP contribution in [0, 0.1) is 12.3 Å². The van der Waals surface area contributed by atoms with E-state index in [1.165, 1.54) is 12.8 Å². The number of nitrogens with zero attached hydrogens (tertiary/aromatic N) is 3. The summed E-state index contributed by atoms with van der Waals surface area (Å²) in [6, 6.07) is 2.63. The van der Waals surface area contributed by atoms with Crippen molar-refractivity contribution < 1.29 is 0 Å². The molecule has 0 saturated carbocycles. The average Bonchev–Trinajstić information content (AvgIpc) is 2.90. The molecular weight excluding hydrogens is 224 g/mol. The van der Waals surface area contributed by atoms with Crippen LogP contribution in [-0.4, -0.2) is 46.9 Å². The van der Waals surface area contributed by atoms with E-state index < -0.39 is 0 Å². The summed E-state index contributed by atoms with van der Waals surface area (Å²) >= 11 is 0. The smallest absolute Gasteiger partial charge is 0.0598 e. The second-order valence-corrected chi connectivity index (χ2v) is 4.83. The van der Waals surface area contributed by atoms with Gasteiger partial charge in [-0.1, -0.05) is 5.92 Å². The molecule has 4 heteroatoms. The Bertz CT molecular complexity index is 358. The molecule has 0 unspecified atom stereocenters. The normalized spacial score (nSPS) is 17.7. The molecule has 1 N–H and O–H groups in total. The van der Waals surface area contributed by atoms with Crippen LogP contribution >= 0.6 is 0 Å². The van der Waals surface area contributed by atoms with Gasteiger partial charge in [0.05, 0.1) is 6.54 Å². The van der Waals surface area contributed by atoms with Gasteiger partial charge in [-0.05, 0) is 31.9 Å². The molecule has 0 aliphatic carbocycles. The van der Waals surface area contributed by atoms with Crippen molar-refractivity contribution in [3.8, 4) is 12.3 Å². The maximum atomic E-state index is 5.32. The second kappa shape index (κ2) is 7.20. The van der Waals surface area contributed by atoms with Crippen molar-refractivity contribution in [1.82, 2.24) is 20.0 Å². The van der Waals surface area contributed by atoms with Crippen LogP contribution in [0.2, 0.25) is 0 Å². The summed E-state index contributed by atoms with van der Waals surface area (Å²) in [6.07, 6.45) is 12.7. The summed E-state index contributed by atoms with van der Waals surface area (Å²) in [6.45, 7) is 5.11. The van der Waals surface area contributed by atoms with Crippen LogP contribution in [0.25, 0.3) is 0 Å². The number of rotatable bonds is 6. The maximum Gasteiger partial charge on any atom is 0.0598 e. The molecule has 0 atom stereocenters. The number of terminal acetylenes is 1. The first-order chi connectivity index (χ1) is 8.88. The van der Waals surface area contributed by atoms with Crippen molar-refractivity contribution in [2.45, 2.75) is 31.8 Å². The standard InChI is InChI=1S/C14H22N4/c1-2-9-17-12-5-14(6-13-17)15-7-3-10-18-11-4-8-16-18/h1,4,8,11,14-15H,3,5-7,9-10,12-13H2. The molecule has 1 saturated heterocycles. The number of nitrogens with one attached hydrogen (secondary N) is 1. The zero-order valence-corrected chi connectivity index (χ0v) is 10.9. The van der Waals surface area contributed by atoms with Crippen molar-refractivity contribution in [2.24, 2.45) is 0 Å². The highest BCUT2D eigenvalue weighted by atomic mass is 15.3. The van der Waals surface area contributed by atoms with Gasteiger partial charge in [-0.15, -0.1) is 6.42 Å². The second-order valence-electron chi connectivity index (χ2n) is 4.83. The third kappa shape index (κ3) is 4.17. The minimum atomic E-state index is 0.664. The molecule has 98 valence electrons. The summed E-state index contributed by atoms with van der Waals surface area (Å²) in [5.74, 6) is 2.72. The first-order valence-electron chi connectivity index (χ1n) is 6.75. The summed E-state index contributed by atoms with van der Waals surface area (Å²) in [5.41, 5.74) is 0. The monoisotopic (exact) mass is 246 g/mol. The van der Waals surface area contributed by atoms with E-state index in [-0.39, 0.29) is 0 Å². The van der Waals surface area contributed by atoms with Crippen molar-refractivity contribution in [2.75, 3.05) is 26.2 Å². The van der Waals surface area contributed by atoms with E-state index in [0.717, 1.165) is 39.1 Å². The molecule has 0 aromatic carbocycles. The SMILES string of the molecule is C#CCN1CCC(NCCCn2cccn2)CC1. The molecule has 4 nitrogen and oxygen atoms in total. The summed E-state index contributed by atoms with van der Waals surface area (Å²) in [5, 5.41) is 7.82. The Kier molecular flexibility index (Phi) is 5.25. The predicted octanol–water partition coefficient (Wildman–Crippen LogP) is 0.960. The van der Waals surface area contributed by atoms with Crippen LogP contribution in [0.1, 0.15) is 19.3 Å². The lowest BCUT2D eigenvalue weighted by atomic mass is 10.1. The van der Waals surface area contributed by atoms with E-state index in [1.807, 2.05) is 23.1 Å². The summed E-state index contributed by atoms with van der Waals surface area (Å²) in [7, 11) is 0. The lowest BCUT2D eigenvalue weighted by molar-refractivity contribution is 0.217. The highest BCUT2D eigenvalue weighted by Gasteiger charge is 2.17. The number of hydrogen-bond donors (Lipinski definition) is 1. The van der Waals surface area contributed by atoms with Gasteiger partial charge >= 0.3 is 0 Å². The number of aromatic nitrogens is 2. The molecule has 2 heterocycles. The van der Waals surface area contributed by atoms with Crippen LogP contribution in [-0.2, 0) is 6.54 Å². The van der Waals surface area contributed by atoms with E-state index in [0.29, 0.717) is 6.04 Å². The topological polar surface area (TPSA) is 33.1 Å². The lowest BCUT2D eigenvalue weighted by Gasteiger charge is -2.31. The summed E-state index contributed by atoms with van der Waals surface area (Å²) < 4.78 is 1.98. The molecule has 1 aliphatic rings. The molecule has 0 spiro atoms. The molecule has 0 amide bonds. The largest absolute Gasteiger partial charge is 0.314 e. The molecular formula is C14H22N4. The van der Waals surface area contributed by atoms with Crippen LogP contribution in [0.5, 0.6) is 0 Å². The first kappa shape index (κ1) is 13.1. The number of aryl methyl sites for hydroxylation is 1. The Labute approximate surface area is 109 Å². The van der Waals surface area contributed by atoms with Gasteiger partial charge in [0.15, 0.2) is 0 Å². The molecule has 1 fully saturated rings. The summed E-state index contributed by atoms with van der Waals surface area (Å²) in [4.78, 5) is 2.35. The fraction of sp³-hybridized carbons (Fsp3) is 0.643. The molecule has 0 radical (unpaired) electrons. The van der Waals surface area contributed by atoms with E-state index in [4.69, 9.17) is 6.42 Å². The highest BCUT2D eigenvalue weighted by molar-refractivity contribution is 4.90. The Hall–Kier alpha value is -1.31. The van der Waals surface area contributed by atoms with Gasteiger partial charge in [0.1, 0.15) is 0 Å². The van der Waals surface area contributed by atoms with Crippen LogP contribution in [0.3, 0.4) is 0 Å². The predicted molar refractivity (Wildman–Crippen MR) is 73.1 cm³/mol. The number of hydrogen-bond acceptors (Lipinski definition) is 3. The van der Waals surface area contributed by atoms with Gasteiger partial charge in [0.2, 0.25) is 0 Å².